The fourth-order valence-electron chi connectivity index (χ4n) is 10.6. The van der Waals surface area contributed by atoms with E-state index in [2.05, 4.69) is 55.4 Å². The van der Waals surface area contributed by atoms with Crippen LogP contribution in [0.5, 0.6) is 0 Å². The lowest BCUT2D eigenvalue weighted by Gasteiger charge is -2.21. The van der Waals surface area contributed by atoms with Crippen molar-refractivity contribution in [1.29, 1.82) is 0 Å². The Labute approximate surface area is 549 Å². The Morgan fingerprint density at radius 3 is 0.789 bits per heavy atom. The van der Waals surface area contributed by atoms with Gasteiger partial charge >= 0.3 is 39.5 Å². The molecule has 0 saturated heterocycles. The van der Waals surface area contributed by atoms with Gasteiger partial charge in [-0.2, -0.15) is 0 Å². The highest BCUT2D eigenvalue weighted by Gasteiger charge is 2.30. The Kier molecular flexibility index (Phi) is 59.4. The summed E-state index contributed by atoms with van der Waals surface area (Å²) >= 11 is 0. The van der Waals surface area contributed by atoms with E-state index >= 15 is 0 Å². The summed E-state index contributed by atoms with van der Waals surface area (Å²) in [5, 5.41) is 10.6. The molecule has 0 saturated carbocycles. The average molecular weight is 1330 g/mol. The lowest BCUT2D eigenvalue weighted by atomic mass is 10.00. The number of carbonyl (C=O) groups is 4. The maximum atomic E-state index is 13.0. The van der Waals surface area contributed by atoms with Crippen molar-refractivity contribution in [3.8, 4) is 0 Å². The van der Waals surface area contributed by atoms with Crippen LogP contribution in [0.15, 0.2) is 0 Å². The zero-order chi connectivity index (χ0) is 66.8. The summed E-state index contributed by atoms with van der Waals surface area (Å²) in [7, 11) is -9.90. The van der Waals surface area contributed by atoms with Crippen LogP contribution in [0.3, 0.4) is 0 Å². The molecule has 0 spiro atoms. The Bertz CT molecular complexity index is 1780. The van der Waals surface area contributed by atoms with E-state index in [-0.39, 0.29) is 25.7 Å². The van der Waals surface area contributed by atoms with E-state index in [1.54, 1.807) is 0 Å². The topological polar surface area (TPSA) is 237 Å². The van der Waals surface area contributed by atoms with Crippen LogP contribution in [0, 0.1) is 23.7 Å². The predicted octanol–water partition coefficient (Wildman–Crippen LogP) is 20.1. The fourth-order valence-corrected chi connectivity index (χ4v) is 12.2. The van der Waals surface area contributed by atoms with E-state index < -0.39 is 97.5 Å². The maximum Gasteiger partial charge on any atom is 0.472 e. The van der Waals surface area contributed by atoms with Crippen LogP contribution in [0.4, 0.5) is 0 Å². The van der Waals surface area contributed by atoms with Gasteiger partial charge in [-0.1, -0.05) is 299 Å². The number of hydrogen-bond donors (Lipinski definition) is 3. The Morgan fingerprint density at radius 2 is 0.533 bits per heavy atom. The number of unbranched alkanes of at least 4 members (excludes halogenated alkanes) is 33. The summed E-state index contributed by atoms with van der Waals surface area (Å²) in [6.45, 7) is 14.0. The molecule has 0 aromatic carbocycles. The molecule has 3 N–H and O–H groups in total. The highest BCUT2D eigenvalue weighted by molar-refractivity contribution is 7.47. The average Bonchev–Trinajstić information content (AvgIpc) is 3.63. The number of phosphoric ester groups is 2. The van der Waals surface area contributed by atoms with Crippen LogP contribution in [-0.2, 0) is 65.4 Å². The fraction of sp³-hybridized carbons (Fsp3) is 0.944. The van der Waals surface area contributed by atoms with Crippen LogP contribution in [0.1, 0.15) is 351 Å². The highest BCUT2D eigenvalue weighted by atomic mass is 31.2. The Hall–Kier alpha value is -1.94. The molecule has 0 aliphatic carbocycles. The van der Waals surface area contributed by atoms with Crippen molar-refractivity contribution < 1.29 is 80.2 Å². The van der Waals surface area contributed by atoms with Gasteiger partial charge in [0.2, 0.25) is 0 Å². The maximum absolute atomic E-state index is 13.0. The first-order chi connectivity index (χ1) is 43.1. The molecular weight excluding hydrogens is 1190 g/mol. The van der Waals surface area contributed by atoms with Crippen LogP contribution in [-0.4, -0.2) is 96.7 Å². The Balaban J connectivity index is 5.21. The third-order valence-corrected chi connectivity index (χ3v) is 18.6. The molecular formula is C71H138O17P2. The molecule has 0 fully saturated rings. The van der Waals surface area contributed by atoms with Gasteiger partial charge in [-0.25, -0.2) is 9.13 Å². The molecule has 0 radical (unpaired) electrons. The molecule has 0 heterocycles. The van der Waals surface area contributed by atoms with Crippen LogP contribution in [0.2, 0.25) is 0 Å². The van der Waals surface area contributed by atoms with E-state index in [0.29, 0.717) is 31.6 Å². The number of phosphoric acid groups is 2. The third kappa shape index (κ3) is 63.5. The molecule has 534 valence electrons. The first-order valence-electron chi connectivity index (χ1n) is 36.7. The van der Waals surface area contributed by atoms with Crippen molar-refractivity contribution in [2.24, 2.45) is 23.7 Å². The first-order valence-corrected chi connectivity index (χ1v) is 39.7. The van der Waals surface area contributed by atoms with E-state index in [0.717, 1.165) is 114 Å². The summed E-state index contributed by atoms with van der Waals surface area (Å²) < 4.78 is 68.2. The lowest BCUT2D eigenvalue weighted by molar-refractivity contribution is -0.161. The van der Waals surface area contributed by atoms with Gasteiger partial charge in [-0.15, -0.1) is 0 Å². The summed E-state index contributed by atoms with van der Waals surface area (Å²) in [4.78, 5) is 72.5. The number of carbonyl (C=O) groups excluding carboxylic acids is 4. The van der Waals surface area contributed by atoms with Crippen molar-refractivity contribution in [3.05, 3.63) is 0 Å². The SMILES string of the molecule is CCC(C)CCCCCCCCC(=O)OC[C@H](COP(=O)(O)OC[C@H](O)COP(=O)(O)OC[C@@H](COC(=O)CCCCCCCCCCCCCCCCCC(C)C)OC(=O)CCCCCCCCCCCCC(C)C)OC(=O)CCCCCCCCC(C)C. The second-order valence-corrected chi connectivity index (χ2v) is 30.2. The first kappa shape index (κ1) is 88.1. The highest BCUT2D eigenvalue weighted by Crippen LogP contribution is 2.45. The molecule has 0 bridgehead atoms. The van der Waals surface area contributed by atoms with E-state index in [1.165, 1.54) is 148 Å². The minimum Gasteiger partial charge on any atom is -0.462 e. The van der Waals surface area contributed by atoms with Gasteiger partial charge in [0.25, 0.3) is 0 Å². The number of hydrogen-bond acceptors (Lipinski definition) is 15. The van der Waals surface area contributed by atoms with Gasteiger partial charge in [0.15, 0.2) is 12.2 Å². The van der Waals surface area contributed by atoms with Crippen LogP contribution in [0.25, 0.3) is 0 Å². The lowest BCUT2D eigenvalue weighted by Crippen LogP contribution is -2.30. The Morgan fingerprint density at radius 1 is 0.311 bits per heavy atom. The smallest absolute Gasteiger partial charge is 0.462 e. The van der Waals surface area contributed by atoms with Crippen molar-refractivity contribution in [2.75, 3.05) is 39.6 Å². The number of rotatable bonds is 68. The standard InChI is InChI=1S/C71H138O17P2/c1-9-64(8)50-42-34-28-30-36-44-52-69(74)82-58-67(88-71(76)54-46-38-29-27-33-41-49-63(6)7)60-86-90(79,80)84-56-65(72)55-83-89(77,78)85-59-66(87-70(75)53-45-37-26-22-18-17-20-24-32-40-48-62(4)5)57-81-68(73)51-43-35-25-21-16-14-12-10-11-13-15-19-23-31-39-47-61(2)3/h61-67,72H,9-60H2,1-8H3,(H,77,78)(H,79,80)/t64?,65-,66-,67-/m1/s1. The van der Waals surface area contributed by atoms with E-state index in [9.17, 15) is 43.2 Å². The summed E-state index contributed by atoms with van der Waals surface area (Å²) in [5.74, 6) is 0.825. The zero-order valence-electron chi connectivity index (χ0n) is 58.8. The second kappa shape index (κ2) is 60.7. The molecule has 0 aliphatic heterocycles. The molecule has 0 aromatic rings. The molecule has 6 atom stereocenters. The molecule has 17 nitrogen and oxygen atoms in total. The normalized spacial score (nSPS) is 14.6. The molecule has 0 aliphatic rings. The van der Waals surface area contributed by atoms with Crippen molar-refractivity contribution in [2.45, 2.75) is 369 Å². The van der Waals surface area contributed by atoms with Gasteiger partial charge in [0.05, 0.1) is 26.4 Å². The molecule has 0 rings (SSSR count). The molecule has 90 heavy (non-hydrogen) atoms. The van der Waals surface area contributed by atoms with Gasteiger partial charge < -0.3 is 33.8 Å². The number of ether oxygens (including phenoxy) is 4. The number of esters is 4. The van der Waals surface area contributed by atoms with E-state index in [1.807, 2.05) is 0 Å². The monoisotopic (exact) mass is 1320 g/mol. The van der Waals surface area contributed by atoms with Crippen LogP contribution < -0.4 is 0 Å². The zero-order valence-corrected chi connectivity index (χ0v) is 60.6. The summed E-state index contributed by atoms with van der Waals surface area (Å²) in [6.07, 6.45) is 43.3. The second-order valence-electron chi connectivity index (χ2n) is 27.3. The van der Waals surface area contributed by atoms with Crippen molar-refractivity contribution in [3.63, 3.8) is 0 Å². The van der Waals surface area contributed by atoms with Crippen LogP contribution >= 0.6 is 15.6 Å². The molecule has 19 heteroatoms. The predicted molar refractivity (Wildman–Crippen MR) is 363 cm³/mol. The minimum absolute atomic E-state index is 0.101. The molecule has 3 unspecified atom stereocenters. The van der Waals surface area contributed by atoms with Crippen molar-refractivity contribution in [1.82, 2.24) is 0 Å². The summed E-state index contributed by atoms with van der Waals surface area (Å²) in [5.41, 5.74) is 0. The van der Waals surface area contributed by atoms with Gasteiger partial charge in [-0.3, -0.25) is 37.3 Å². The minimum atomic E-state index is -4.95. The van der Waals surface area contributed by atoms with Gasteiger partial charge in [0.1, 0.15) is 19.3 Å². The molecule has 0 amide bonds. The van der Waals surface area contributed by atoms with E-state index in [4.69, 9.17) is 37.0 Å². The van der Waals surface area contributed by atoms with Crippen molar-refractivity contribution >= 4 is 39.5 Å². The largest absolute Gasteiger partial charge is 0.472 e. The van der Waals surface area contributed by atoms with Gasteiger partial charge in [-0.05, 0) is 49.4 Å². The van der Waals surface area contributed by atoms with Gasteiger partial charge in [0, 0.05) is 25.7 Å². The number of aliphatic hydroxyl groups excluding tert-OH is 1. The molecule has 0 aromatic heterocycles. The number of aliphatic hydroxyl groups is 1. The summed E-state index contributed by atoms with van der Waals surface area (Å²) in [6, 6.07) is 0. The third-order valence-electron chi connectivity index (χ3n) is 16.7. The quantitative estimate of drug-likeness (QED) is 0.0222.